The molecule has 18 heavy (non-hydrogen) atoms. The molecule has 0 radical (unpaired) electrons. The van der Waals surface area contributed by atoms with Gasteiger partial charge >= 0.3 is 6.18 Å². The maximum Gasteiger partial charge on any atom is 0.406 e. The Morgan fingerprint density at radius 2 is 1.78 bits per heavy atom. The standard InChI is InChI=1S/C13H16F3NO/c1-3-17(9-13(14,15)16)12(18)8-11-6-4-10(2)5-7-11/h4-7H,3,8-9H2,1-2H3. The number of benzene rings is 1. The molecular weight excluding hydrogens is 243 g/mol. The zero-order valence-corrected chi connectivity index (χ0v) is 10.4. The maximum atomic E-state index is 12.3. The summed E-state index contributed by atoms with van der Waals surface area (Å²) in [5.74, 6) is -0.501. The number of carbonyl (C=O) groups excluding carboxylic acids is 1. The van der Waals surface area contributed by atoms with E-state index in [1.54, 1.807) is 19.1 Å². The summed E-state index contributed by atoms with van der Waals surface area (Å²) in [5, 5.41) is 0. The number of carbonyl (C=O) groups is 1. The van der Waals surface area contributed by atoms with E-state index in [0.29, 0.717) is 0 Å². The van der Waals surface area contributed by atoms with Crippen molar-refractivity contribution in [2.75, 3.05) is 13.1 Å². The molecule has 100 valence electrons. The lowest BCUT2D eigenvalue weighted by Crippen LogP contribution is -2.39. The maximum absolute atomic E-state index is 12.3. The third kappa shape index (κ3) is 4.77. The summed E-state index contributed by atoms with van der Waals surface area (Å²) in [7, 11) is 0. The molecule has 0 bridgehead atoms. The third-order valence-corrected chi connectivity index (χ3v) is 2.58. The fraction of sp³-hybridized carbons (Fsp3) is 0.462. The third-order valence-electron chi connectivity index (χ3n) is 2.58. The zero-order valence-electron chi connectivity index (χ0n) is 10.4. The fourth-order valence-corrected chi connectivity index (χ4v) is 1.59. The molecule has 0 aliphatic carbocycles. The number of hydrogen-bond acceptors (Lipinski definition) is 1. The molecule has 0 aromatic heterocycles. The number of halogens is 3. The number of rotatable bonds is 4. The van der Waals surface area contributed by atoms with Gasteiger partial charge in [0.15, 0.2) is 0 Å². The van der Waals surface area contributed by atoms with Gasteiger partial charge in [-0.25, -0.2) is 0 Å². The zero-order chi connectivity index (χ0) is 13.8. The van der Waals surface area contributed by atoms with Crippen LogP contribution in [-0.4, -0.2) is 30.1 Å². The molecule has 0 aliphatic heterocycles. The molecule has 0 spiro atoms. The van der Waals surface area contributed by atoms with Crippen LogP contribution >= 0.6 is 0 Å². The van der Waals surface area contributed by atoms with Gasteiger partial charge in [0.05, 0.1) is 6.42 Å². The lowest BCUT2D eigenvalue weighted by molar-refractivity contribution is -0.160. The highest BCUT2D eigenvalue weighted by atomic mass is 19.4. The van der Waals surface area contributed by atoms with Crippen molar-refractivity contribution in [3.8, 4) is 0 Å². The van der Waals surface area contributed by atoms with E-state index in [1.807, 2.05) is 19.1 Å². The SMILES string of the molecule is CCN(CC(F)(F)F)C(=O)Cc1ccc(C)cc1. The Morgan fingerprint density at radius 1 is 1.22 bits per heavy atom. The molecule has 5 heteroatoms. The molecule has 1 rings (SSSR count). The van der Waals surface area contributed by atoms with Crippen LogP contribution in [0.2, 0.25) is 0 Å². The van der Waals surface area contributed by atoms with Crippen molar-refractivity contribution in [3.63, 3.8) is 0 Å². The molecule has 0 atom stereocenters. The van der Waals surface area contributed by atoms with Crippen LogP contribution in [0.1, 0.15) is 18.1 Å². The Labute approximate surface area is 104 Å². The summed E-state index contributed by atoms with van der Waals surface area (Å²) in [6, 6.07) is 7.19. The summed E-state index contributed by atoms with van der Waals surface area (Å²) in [6.07, 6.45) is -4.34. The Morgan fingerprint density at radius 3 is 2.22 bits per heavy atom. The van der Waals surface area contributed by atoms with Crippen LogP contribution in [0.15, 0.2) is 24.3 Å². The lowest BCUT2D eigenvalue weighted by atomic mass is 10.1. The number of alkyl halides is 3. The van der Waals surface area contributed by atoms with Crippen LogP contribution in [0.4, 0.5) is 13.2 Å². The quantitative estimate of drug-likeness (QED) is 0.814. The molecule has 0 unspecified atom stereocenters. The number of hydrogen-bond donors (Lipinski definition) is 0. The van der Waals surface area contributed by atoms with Crippen molar-refractivity contribution in [1.29, 1.82) is 0 Å². The molecule has 0 saturated heterocycles. The minimum atomic E-state index is -4.35. The second-order valence-corrected chi connectivity index (χ2v) is 4.19. The van der Waals surface area contributed by atoms with Gasteiger partial charge in [-0.3, -0.25) is 4.79 Å². The molecule has 0 saturated carbocycles. The van der Waals surface area contributed by atoms with Gasteiger partial charge in [0, 0.05) is 6.54 Å². The Hall–Kier alpha value is -1.52. The number of aryl methyl sites for hydroxylation is 1. The van der Waals surface area contributed by atoms with Crippen LogP contribution in [0, 0.1) is 6.92 Å². The van der Waals surface area contributed by atoms with Crippen molar-refractivity contribution in [2.45, 2.75) is 26.4 Å². The molecule has 2 nitrogen and oxygen atoms in total. The monoisotopic (exact) mass is 259 g/mol. The summed E-state index contributed by atoms with van der Waals surface area (Å²) >= 11 is 0. The van der Waals surface area contributed by atoms with Crippen molar-refractivity contribution in [3.05, 3.63) is 35.4 Å². The first-order valence-electron chi connectivity index (χ1n) is 5.72. The van der Waals surface area contributed by atoms with E-state index < -0.39 is 18.6 Å². The van der Waals surface area contributed by atoms with Gasteiger partial charge in [-0.15, -0.1) is 0 Å². The first-order valence-corrected chi connectivity index (χ1v) is 5.72. The summed E-state index contributed by atoms with van der Waals surface area (Å²) < 4.78 is 36.8. The Balaban J connectivity index is 2.65. The van der Waals surface area contributed by atoms with E-state index in [2.05, 4.69) is 0 Å². The Kier molecular flexibility index (Phi) is 4.76. The van der Waals surface area contributed by atoms with Gasteiger partial charge in [-0.2, -0.15) is 13.2 Å². The first kappa shape index (κ1) is 14.5. The van der Waals surface area contributed by atoms with Gasteiger partial charge in [0.25, 0.3) is 0 Å². The van der Waals surface area contributed by atoms with E-state index in [4.69, 9.17) is 0 Å². The fourth-order valence-electron chi connectivity index (χ4n) is 1.59. The average Bonchev–Trinajstić information content (AvgIpc) is 2.27. The molecule has 0 aliphatic rings. The van der Waals surface area contributed by atoms with E-state index >= 15 is 0 Å². The van der Waals surface area contributed by atoms with Gasteiger partial charge in [0.2, 0.25) is 5.91 Å². The molecule has 0 N–H and O–H groups in total. The normalized spacial score (nSPS) is 11.4. The summed E-state index contributed by atoms with van der Waals surface area (Å²) in [4.78, 5) is 12.6. The topological polar surface area (TPSA) is 20.3 Å². The highest BCUT2D eigenvalue weighted by Gasteiger charge is 2.32. The average molecular weight is 259 g/mol. The predicted molar refractivity (Wildman–Crippen MR) is 63.2 cm³/mol. The van der Waals surface area contributed by atoms with Gasteiger partial charge < -0.3 is 4.90 Å². The van der Waals surface area contributed by atoms with Crippen molar-refractivity contribution >= 4 is 5.91 Å². The number of likely N-dealkylation sites (N-methyl/N-ethyl adjacent to an activating group) is 1. The van der Waals surface area contributed by atoms with Crippen molar-refractivity contribution in [2.24, 2.45) is 0 Å². The molecule has 1 amide bonds. The van der Waals surface area contributed by atoms with E-state index in [9.17, 15) is 18.0 Å². The van der Waals surface area contributed by atoms with Crippen LogP contribution in [0.25, 0.3) is 0 Å². The lowest BCUT2D eigenvalue weighted by Gasteiger charge is -2.22. The van der Waals surface area contributed by atoms with Crippen molar-refractivity contribution in [1.82, 2.24) is 4.90 Å². The second kappa shape index (κ2) is 5.89. The first-order chi connectivity index (χ1) is 8.31. The van der Waals surface area contributed by atoms with Crippen LogP contribution in [0.3, 0.4) is 0 Å². The van der Waals surface area contributed by atoms with Crippen molar-refractivity contribution < 1.29 is 18.0 Å². The summed E-state index contributed by atoms with van der Waals surface area (Å²) in [6.45, 7) is 2.32. The number of nitrogens with zero attached hydrogens (tertiary/aromatic N) is 1. The minimum absolute atomic E-state index is 0.00417. The van der Waals surface area contributed by atoms with Crippen LogP contribution < -0.4 is 0 Å². The van der Waals surface area contributed by atoms with E-state index in [1.165, 1.54) is 0 Å². The van der Waals surface area contributed by atoms with Crippen LogP contribution in [-0.2, 0) is 11.2 Å². The van der Waals surface area contributed by atoms with E-state index in [0.717, 1.165) is 16.0 Å². The largest absolute Gasteiger partial charge is 0.406 e. The smallest absolute Gasteiger partial charge is 0.334 e. The molecule has 1 aromatic carbocycles. The van der Waals surface area contributed by atoms with Crippen LogP contribution in [0.5, 0.6) is 0 Å². The molecule has 0 fully saturated rings. The number of amides is 1. The minimum Gasteiger partial charge on any atom is -0.334 e. The van der Waals surface area contributed by atoms with E-state index in [-0.39, 0.29) is 13.0 Å². The molecule has 1 aromatic rings. The summed E-state index contributed by atoms with van der Waals surface area (Å²) in [5.41, 5.74) is 1.78. The highest BCUT2D eigenvalue weighted by molar-refractivity contribution is 5.78. The molecular formula is C13H16F3NO. The van der Waals surface area contributed by atoms with Gasteiger partial charge in [0.1, 0.15) is 6.54 Å². The highest BCUT2D eigenvalue weighted by Crippen LogP contribution is 2.17. The molecule has 0 heterocycles. The van der Waals surface area contributed by atoms with Gasteiger partial charge in [-0.1, -0.05) is 29.8 Å². The Bertz CT molecular complexity index is 398. The predicted octanol–water partition coefficient (Wildman–Crippen LogP) is 2.95. The van der Waals surface area contributed by atoms with Gasteiger partial charge in [-0.05, 0) is 19.4 Å². The second-order valence-electron chi connectivity index (χ2n) is 4.19.